The molecule has 2 aromatic heterocycles. The summed E-state index contributed by atoms with van der Waals surface area (Å²) < 4.78 is 7.13. The predicted molar refractivity (Wildman–Crippen MR) is 70.1 cm³/mol. The van der Waals surface area contributed by atoms with Crippen molar-refractivity contribution in [2.45, 2.75) is 6.92 Å². The van der Waals surface area contributed by atoms with Crippen LogP contribution in [0.15, 0.2) is 34.7 Å². The first-order valence-electron chi connectivity index (χ1n) is 5.82. The smallest absolute Gasteiger partial charge is 0.356 e. The van der Waals surface area contributed by atoms with Gasteiger partial charge in [0.25, 0.3) is 0 Å². The zero-order valence-electron chi connectivity index (χ0n) is 10.5. The number of aryl methyl sites for hydroxylation is 2. The molecule has 0 saturated carbocycles. The number of carboxylic acid groups (broad SMARTS) is 1. The molecular formula is C14H12N2O3. The Hall–Kier alpha value is -2.56. The molecule has 0 atom stereocenters. The summed E-state index contributed by atoms with van der Waals surface area (Å²) in [5.41, 5.74) is 2.44. The fourth-order valence-electron chi connectivity index (χ4n) is 2.17. The van der Waals surface area contributed by atoms with E-state index in [-0.39, 0.29) is 5.69 Å². The van der Waals surface area contributed by atoms with E-state index in [1.807, 2.05) is 31.2 Å². The van der Waals surface area contributed by atoms with Crippen LogP contribution in [-0.4, -0.2) is 20.9 Å². The average molecular weight is 256 g/mol. The third-order valence-electron chi connectivity index (χ3n) is 3.04. The Morgan fingerprint density at radius 3 is 2.79 bits per heavy atom. The van der Waals surface area contributed by atoms with Gasteiger partial charge >= 0.3 is 5.97 Å². The van der Waals surface area contributed by atoms with Crippen molar-refractivity contribution >= 4 is 16.9 Å². The van der Waals surface area contributed by atoms with Gasteiger partial charge in [0.15, 0.2) is 5.69 Å². The summed E-state index contributed by atoms with van der Waals surface area (Å²) >= 11 is 0. The maximum atomic E-state index is 10.9. The molecule has 5 nitrogen and oxygen atoms in total. The van der Waals surface area contributed by atoms with Crippen molar-refractivity contribution in [3.63, 3.8) is 0 Å². The van der Waals surface area contributed by atoms with Gasteiger partial charge in [-0.1, -0.05) is 12.1 Å². The van der Waals surface area contributed by atoms with Gasteiger partial charge in [-0.3, -0.25) is 4.68 Å². The molecule has 0 bridgehead atoms. The lowest BCUT2D eigenvalue weighted by Gasteiger charge is -2.01. The second kappa shape index (κ2) is 3.98. The molecule has 96 valence electrons. The van der Waals surface area contributed by atoms with Crippen molar-refractivity contribution in [2.75, 3.05) is 0 Å². The van der Waals surface area contributed by atoms with Crippen molar-refractivity contribution < 1.29 is 14.3 Å². The predicted octanol–water partition coefficient (Wildman–Crippen LogP) is 2.84. The van der Waals surface area contributed by atoms with Gasteiger partial charge < -0.3 is 9.52 Å². The lowest BCUT2D eigenvalue weighted by molar-refractivity contribution is 0.0689. The molecule has 5 heteroatoms. The molecule has 19 heavy (non-hydrogen) atoms. The average Bonchev–Trinajstić information content (AvgIpc) is 2.90. The number of carbonyl (C=O) groups is 1. The third-order valence-corrected chi connectivity index (χ3v) is 3.04. The third kappa shape index (κ3) is 1.89. The van der Waals surface area contributed by atoms with Crippen LogP contribution in [0, 0.1) is 6.92 Å². The molecule has 0 fully saturated rings. The second-order valence-corrected chi connectivity index (χ2v) is 4.45. The summed E-state index contributed by atoms with van der Waals surface area (Å²) in [5, 5.41) is 13.9. The monoisotopic (exact) mass is 256 g/mol. The van der Waals surface area contributed by atoms with E-state index in [9.17, 15) is 4.79 Å². The van der Waals surface area contributed by atoms with Crippen molar-refractivity contribution in [1.29, 1.82) is 0 Å². The maximum absolute atomic E-state index is 10.9. The number of carboxylic acids is 1. The minimum absolute atomic E-state index is 0.0354. The first-order chi connectivity index (χ1) is 9.04. The molecule has 0 spiro atoms. The Morgan fingerprint density at radius 2 is 2.11 bits per heavy atom. The van der Waals surface area contributed by atoms with Gasteiger partial charge in [0.1, 0.15) is 11.3 Å². The second-order valence-electron chi connectivity index (χ2n) is 4.45. The molecule has 3 rings (SSSR count). The summed E-state index contributed by atoms with van der Waals surface area (Å²) in [5.74, 6) is -0.180. The van der Waals surface area contributed by atoms with E-state index >= 15 is 0 Å². The topological polar surface area (TPSA) is 68.3 Å². The summed E-state index contributed by atoms with van der Waals surface area (Å²) in [6, 6.07) is 9.30. The van der Waals surface area contributed by atoms with Crippen LogP contribution < -0.4 is 0 Å². The molecule has 1 aromatic carbocycles. The molecule has 0 aliphatic heterocycles. The van der Waals surface area contributed by atoms with E-state index in [2.05, 4.69) is 5.10 Å². The van der Waals surface area contributed by atoms with Crippen LogP contribution in [0.2, 0.25) is 0 Å². The number of benzene rings is 1. The first kappa shape index (κ1) is 11.5. The molecule has 0 saturated heterocycles. The van der Waals surface area contributed by atoms with Gasteiger partial charge in [0.2, 0.25) is 0 Å². The Morgan fingerprint density at radius 1 is 1.32 bits per heavy atom. The number of hydrogen-bond donors (Lipinski definition) is 1. The number of aromatic nitrogens is 2. The summed E-state index contributed by atoms with van der Waals surface area (Å²) in [7, 11) is 1.72. The standard InChI is InChI=1S/C14H12N2O3/c1-8-5-10-4-3-9(6-13(10)19-8)12-7-11(14(17)18)15-16(12)2/h3-7H,1-2H3,(H,17,18). The highest BCUT2D eigenvalue weighted by molar-refractivity contribution is 5.88. The SMILES string of the molecule is Cc1cc2ccc(-c3cc(C(=O)O)nn3C)cc2o1. The molecular weight excluding hydrogens is 244 g/mol. The van der Waals surface area contributed by atoms with Crippen LogP contribution in [0.1, 0.15) is 16.2 Å². The molecule has 0 aliphatic rings. The number of rotatable bonds is 2. The lowest BCUT2D eigenvalue weighted by Crippen LogP contribution is -1.99. The van der Waals surface area contributed by atoms with Crippen LogP contribution in [-0.2, 0) is 7.05 Å². The minimum Gasteiger partial charge on any atom is -0.476 e. The zero-order chi connectivity index (χ0) is 13.6. The van der Waals surface area contributed by atoms with Crippen molar-refractivity contribution in [2.24, 2.45) is 7.05 Å². The van der Waals surface area contributed by atoms with Crippen LogP contribution in [0.5, 0.6) is 0 Å². The first-order valence-corrected chi connectivity index (χ1v) is 5.82. The highest BCUT2D eigenvalue weighted by Crippen LogP contribution is 2.26. The van der Waals surface area contributed by atoms with Crippen LogP contribution in [0.4, 0.5) is 0 Å². The van der Waals surface area contributed by atoms with E-state index < -0.39 is 5.97 Å². The lowest BCUT2D eigenvalue weighted by atomic mass is 10.1. The fourth-order valence-corrected chi connectivity index (χ4v) is 2.17. The summed E-state index contributed by atoms with van der Waals surface area (Å²) in [6.45, 7) is 1.90. The van der Waals surface area contributed by atoms with Gasteiger partial charge in [0.05, 0.1) is 5.69 Å². The highest BCUT2D eigenvalue weighted by atomic mass is 16.4. The Kier molecular flexibility index (Phi) is 2.41. The van der Waals surface area contributed by atoms with Gasteiger partial charge in [0, 0.05) is 18.0 Å². The quantitative estimate of drug-likeness (QED) is 0.765. The van der Waals surface area contributed by atoms with Gasteiger partial charge in [-0.25, -0.2) is 4.79 Å². The highest BCUT2D eigenvalue weighted by Gasteiger charge is 2.13. The molecule has 0 unspecified atom stereocenters. The normalized spacial score (nSPS) is 11.1. The number of nitrogens with zero attached hydrogens (tertiary/aromatic N) is 2. The molecule has 0 amide bonds. The summed E-state index contributed by atoms with van der Waals surface area (Å²) in [4.78, 5) is 10.9. The van der Waals surface area contributed by atoms with Crippen LogP contribution in [0.3, 0.4) is 0 Å². The van der Waals surface area contributed by atoms with Crippen molar-refractivity contribution in [3.05, 3.63) is 41.8 Å². The molecule has 3 aromatic rings. The summed E-state index contributed by atoms with van der Waals surface area (Å²) in [6.07, 6.45) is 0. The van der Waals surface area contributed by atoms with Gasteiger partial charge in [-0.15, -0.1) is 0 Å². The van der Waals surface area contributed by atoms with Gasteiger partial charge in [-0.05, 0) is 25.1 Å². The van der Waals surface area contributed by atoms with E-state index in [1.165, 1.54) is 0 Å². The van der Waals surface area contributed by atoms with E-state index in [1.54, 1.807) is 17.8 Å². The van der Waals surface area contributed by atoms with E-state index in [0.717, 1.165) is 28.0 Å². The van der Waals surface area contributed by atoms with E-state index in [4.69, 9.17) is 9.52 Å². The molecule has 0 radical (unpaired) electrons. The Bertz CT molecular complexity index is 783. The minimum atomic E-state index is -1.03. The largest absolute Gasteiger partial charge is 0.476 e. The Balaban J connectivity index is 2.15. The van der Waals surface area contributed by atoms with Crippen LogP contribution in [0.25, 0.3) is 22.2 Å². The molecule has 0 aliphatic carbocycles. The molecule has 1 N–H and O–H groups in total. The van der Waals surface area contributed by atoms with Gasteiger partial charge in [-0.2, -0.15) is 5.10 Å². The maximum Gasteiger partial charge on any atom is 0.356 e. The van der Waals surface area contributed by atoms with Crippen LogP contribution >= 0.6 is 0 Å². The van der Waals surface area contributed by atoms with Crippen molar-refractivity contribution in [3.8, 4) is 11.3 Å². The number of fused-ring (bicyclic) bond motifs is 1. The van der Waals surface area contributed by atoms with Crippen molar-refractivity contribution in [1.82, 2.24) is 9.78 Å². The zero-order valence-corrected chi connectivity index (χ0v) is 10.5. The van der Waals surface area contributed by atoms with E-state index in [0.29, 0.717) is 0 Å². The number of furan rings is 1. The Labute approximate surface area is 109 Å². The molecule has 2 heterocycles. The number of hydrogen-bond acceptors (Lipinski definition) is 3. The number of aromatic carboxylic acids is 1. The fraction of sp³-hybridized carbons (Fsp3) is 0.143.